The van der Waals surface area contributed by atoms with Gasteiger partial charge in [-0.2, -0.15) is 0 Å². The van der Waals surface area contributed by atoms with Crippen molar-refractivity contribution in [3.8, 4) is 0 Å². The van der Waals surface area contributed by atoms with Crippen molar-refractivity contribution in [3.63, 3.8) is 0 Å². The summed E-state index contributed by atoms with van der Waals surface area (Å²) in [6, 6.07) is 0.376. The Kier molecular flexibility index (Phi) is 14.9. The van der Waals surface area contributed by atoms with Gasteiger partial charge in [0.25, 0.3) is 0 Å². The van der Waals surface area contributed by atoms with Crippen LogP contribution in [0.25, 0.3) is 0 Å². The molecule has 0 atom stereocenters. The van der Waals surface area contributed by atoms with E-state index in [0.717, 1.165) is 0 Å². The van der Waals surface area contributed by atoms with E-state index in [1.54, 1.807) is 35.3 Å². The molecule has 0 aliphatic carbocycles. The summed E-state index contributed by atoms with van der Waals surface area (Å²) in [6.45, 7) is 17.3. The van der Waals surface area contributed by atoms with Crippen molar-refractivity contribution in [1.82, 2.24) is 5.32 Å². The minimum absolute atomic E-state index is 0.376. The van der Waals surface area contributed by atoms with Crippen molar-refractivity contribution < 1.29 is 13.3 Å². The first-order valence-corrected chi connectivity index (χ1v) is 13.7. The zero-order valence-electron chi connectivity index (χ0n) is 16.6. The molecule has 0 radical (unpaired) electrons. The fourth-order valence-electron chi connectivity index (χ4n) is 1.39. The van der Waals surface area contributed by atoms with Crippen LogP contribution in [-0.4, -0.2) is 54.6 Å². The average molecular weight is 416 g/mol. The molecule has 0 saturated carbocycles. The monoisotopic (exact) mass is 415 g/mol. The van der Waals surface area contributed by atoms with Crippen molar-refractivity contribution >= 4 is 44.1 Å². The van der Waals surface area contributed by atoms with Crippen LogP contribution in [-0.2, 0) is 13.3 Å². The molecule has 0 saturated heterocycles. The second kappa shape index (κ2) is 14.2. The van der Waals surface area contributed by atoms with Crippen molar-refractivity contribution in [3.05, 3.63) is 0 Å². The predicted octanol–water partition coefficient (Wildman–Crippen LogP) is 4.81. The Hall–Kier alpha value is 1.11. The van der Waals surface area contributed by atoms with Gasteiger partial charge in [0.1, 0.15) is 0 Å². The summed E-state index contributed by atoms with van der Waals surface area (Å²) in [7, 11) is -2.73. The number of thioether (sulfide) groups is 3. The van der Waals surface area contributed by atoms with Gasteiger partial charge in [-0.15, -0.1) is 35.3 Å². The number of hydrogen-bond donors (Lipinski definition) is 1. The Labute approximate surface area is 163 Å². The van der Waals surface area contributed by atoms with Crippen LogP contribution in [0.3, 0.4) is 0 Å². The number of rotatable bonds is 15. The van der Waals surface area contributed by atoms with Gasteiger partial charge in [0, 0.05) is 21.8 Å². The first-order valence-electron chi connectivity index (χ1n) is 8.67. The summed E-state index contributed by atoms with van der Waals surface area (Å²) >= 11 is 5.35. The molecule has 24 heavy (non-hydrogen) atoms. The molecule has 8 heteroatoms. The second-order valence-corrected chi connectivity index (χ2v) is 13.8. The summed E-state index contributed by atoms with van der Waals surface area (Å²) in [5, 5.41) is 5.06. The minimum atomic E-state index is -2.73. The lowest BCUT2D eigenvalue weighted by Crippen LogP contribution is -2.55. The zero-order valence-corrected chi connectivity index (χ0v) is 20.0. The lowest BCUT2D eigenvalue weighted by atomic mass is 10.4. The van der Waals surface area contributed by atoms with Gasteiger partial charge in [-0.3, -0.25) is 0 Å². The van der Waals surface area contributed by atoms with Gasteiger partial charge >= 0.3 is 8.80 Å². The zero-order chi connectivity index (χ0) is 18.6. The van der Waals surface area contributed by atoms with Crippen LogP contribution in [0.4, 0.5) is 0 Å². The maximum Gasteiger partial charge on any atom is 0.517 e. The SMILES string of the molecule is CC(C)NC[Si](OCSC(C)C)(OCSC(C)C)OCSC(C)C. The highest BCUT2D eigenvalue weighted by atomic mass is 32.2. The smallest absolute Gasteiger partial charge is 0.363 e. The third kappa shape index (κ3) is 14.3. The molecular formula is C16H37NO3S3Si. The number of hydrogen-bond acceptors (Lipinski definition) is 7. The second-order valence-electron chi connectivity index (χ2n) is 6.65. The average Bonchev–Trinajstić information content (AvgIpc) is 2.43. The summed E-state index contributed by atoms with van der Waals surface area (Å²) in [4.78, 5) is 0. The molecule has 0 spiro atoms. The van der Waals surface area contributed by atoms with Gasteiger partial charge < -0.3 is 18.6 Å². The van der Waals surface area contributed by atoms with E-state index in [0.29, 0.717) is 45.8 Å². The Morgan fingerprint density at radius 3 is 1.25 bits per heavy atom. The predicted molar refractivity (Wildman–Crippen MR) is 115 cm³/mol. The summed E-state index contributed by atoms with van der Waals surface area (Å²) in [5.74, 6) is 1.84. The van der Waals surface area contributed by atoms with Crippen molar-refractivity contribution in [2.45, 2.75) is 77.2 Å². The van der Waals surface area contributed by atoms with Crippen LogP contribution in [0, 0.1) is 0 Å². The van der Waals surface area contributed by atoms with Gasteiger partial charge in [0.2, 0.25) is 0 Å². The van der Waals surface area contributed by atoms with Crippen molar-refractivity contribution in [1.29, 1.82) is 0 Å². The maximum absolute atomic E-state index is 6.22. The quantitative estimate of drug-likeness (QED) is 0.304. The van der Waals surface area contributed by atoms with E-state index in [4.69, 9.17) is 13.3 Å². The molecule has 0 bridgehead atoms. The largest absolute Gasteiger partial charge is 0.517 e. The molecule has 0 aromatic rings. The first kappa shape index (κ1) is 25.1. The molecular weight excluding hydrogens is 378 g/mol. The van der Waals surface area contributed by atoms with Gasteiger partial charge in [-0.25, -0.2) is 0 Å². The van der Waals surface area contributed by atoms with E-state index >= 15 is 0 Å². The Morgan fingerprint density at radius 1 is 0.667 bits per heavy atom. The third-order valence-electron chi connectivity index (χ3n) is 2.77. The van der Waals surface area contributed by atoms with E-state index in [9.17, 15) is 0 Å². The van der Waals surface area contributed by atoms with Crippen LogP contribution in [0.15, 0.2) is 0 Å². The van der Waals surface area contributed by atoms with Crippen LogP contribution in [0.1, 0.15) is 55.4 Å². The minimum Gasteiger partial charge on any atom is -0.363 e. The van der Waals surface area contributed by atoms with E-state index in [1.165, 1.54) is 0 Å². The standard InChI is InChI=1S/C16H37NO3S3Si/c1-13(2)17-9-24(18-10-21-14(3)4,19-11-22-15(5)6)20-12-23-16(7)8/h13-17H,9-12H2,1-8H3. The molecule has 0 unspecified atom stereocenters. The molecule has 146 valence electrons. The van der Waals surface area contributed by atoms with Crippen molar-refractivity contribution in [2.24, 2.45) is 0 Å². The van der Waals surface area contributed by atoms with Gasteiger partial charge in [-0.1, -0.05) is 55.4 Å². The Bertz CT molecular complexity index is 272. The van der Waals surface area contributed by atoms with Gasteiger partial charge in [0.05, 0.1) is 24.0 Å². The van der Waals surface area contributed by atoms with Crippen LogP contribution in [0.5, 0.6) is 0 Å². The molecule has 4 nitrogen and oxygen atoms in total. The Balaban J connectivity index is 4.83. The molecule has 0 fully saturated rings. The number of nitrogens with one attached hydrogen (secondary N) is 1. The normalized spacial score (nSPS) is 13.0. The summed E-state index contributed by atoms with van der Waals surface area (Å²) < 4.78 is 18.7. The fourth-order valence-corrected chi connectivity index (χ4v) is 6.39. The van der Waals surface area contributed by atoms with E-state index in [-0.39, 0.29) is 0 Å². The highest BCUT2D eigenvalue weighted by molar-refractivity contribution is 8.00. The molecule has 0 rings (SSSR count). The van der Waals surface area contributed by atoms with Gasteiger partial charge in [0.15, 0.2) is 0 Å². The maximum atomic E-state index is 6.22. The van der Waals surface area contributed by atoms with Crippen molar-refractivity contribution in [2.75, 3.05) is 24.0 Å². The van der Waals surface area contributed by atoms with E-state index in [1.807, 2.05) is 0 Å². The summed E-state index contributed by atoms with van der Waals surface area (Å²) in [5.41, 5.74) is 0. The van der Waals surface area contributed by atoms with Gasteiger partial charge in [-0.05, 0) is 0 Å². The molecule has 0 aromatic carbocycles. The lowest BCUT2D eigenvalue weighted by molar-refractivity contribution is 0.104. The fraction of sp³-hybridized carbons (Fsp3) is 1.00. The molecule has 0 aliphatic heterocycles. The van der Waals surface area contributed by atoms with E-state index in [2.05, 4.69) is 60.7 Å². The third-order valence-corrected chi connectivity index (χ3v) is 8.55. The highest BCUT2D eigenvalue weighted by Crippen LogP contribution is 2.21. The molecule has 0 amide bonds. The van der Waals surface area contributed by atoms with Crippen LogP contribution in [0.2, 0.25) is 0 Å². The molecule has 1 N–H and O–H groups in total. The highest BCUT2D eigenvalue weighted by Gasteiger charge is 2.42. The lowest BCUT2D eigenvalue weighted by Gasteiger charge is -2.31. The Morgan fingerprint density at radius 2 is 1.00 bits per heavy atom. The molecule has 0 aliphatic rings. The van der Waals surface area contributed by atoms with Crippen LogP contribution < -0.4 is 5.32 Å². The molecule has 0 heterocycles. The first-order chi connectivity index (χ1) is 11.2. The van der Waals surface area contributed by atoms with Crippen LogP contribution >= 0.6 is 35.3 Å². The summed E-state index contributed by atoms with van der Waals surface area (Å²) in [6.07, 6.45) is 0.653. The topological polar surface area (TPSA) is 39.7 Å². The van der Waals surface area contributed by atoms with E-state index < -0.39 is 8.80 Å². The molecule has 0 aromatic heterocycles.